The summed E-state index contributed by atoms with van der Waals surface area (Å²) >= 11 is 6.44. The average Bonchev–Trinajstić information content (AvgIpc) is 3.44. The van der Waals surface area contributed by atoms with Crippen LogP contribution in [0.15, 0.2) is 42.5 Å². The lowest BCUT2D eigenvalue weighted by Crippen LogP contribution is -2.58. The Labute approximate surface area is 185 Å². The van der Waals surface area contributed by atoms with Gasteiger partial charge in [-0.05, 0) is 41.8 Å². The van der Waals surface area contributed by atoms with Gasteiger partial charge in [-0.25, -0.2) is 0 Å². The first kappa shape index (κ1) is 21.2. The summed E-state index contributed by atoms with van der Waals surface area (Å²) < 4.78 is 22.9. The van der Waals surface area contributed by atoms with E-state index in [1.54, 1.807) is 12.1 Å². The third-order valence-corrected chi connectivity index (χ3v) is 6.56. The molecule has 166 valence electrons. The van der Waals surface area contributed by atoms with Gasteiger partial charge in [-0.2, -0.15) is 0 Å². The number of hydrogen-bond donors (Lipinski definition) is 3. The van der Waals surface area contributed by atoms with Crippen molar-refractivity contribution in [2.75, 3.05) is 19.8 Å². The summed E-state index contributed by atoms with van der Waals surface area (Å²) in [5.41, 5.74) is 2.42. The maximum Gasteiger partial charge on any atom is 0.225 e. The van der Waals surface area contributed by atoms with Gasteiger partial charge in [-0.1, -0.05) is 29.8 Å². The fraction of sp³-hybridized carbons (Fsp3) is 0.478. The molecule has 3 N–H and O–H groups in total. The van der Waals surface area contributed by atoms with Gasteiger partial charge in [0, 0.05) is 17.0 Å². The van der Waals surface area contributed by atoms with E-state index < -0.39 is 30.2 Å². The predicted molar refractivity (Wildman–Crippen MR) is 111 cm³/mol. The summed E-state index contributed by atoms with van der Waals surface area (Å²) in [5.74, 6) is -0.723. The molecule has 0 radical (unpaired) electrons. The van der Waals surface area contributed by atoms with E-state index in [1.165, 1.54) is 0 Å². The van der Waals surface area contributed by atoms with Crippen LogP contribution in [0.4, 0.5) is 0 Å². The lowest BCUT2D eigenvalue weighted by atomic mass is 9.89. The van der Waals surface area contributed by atoms with Crippen LogP contribution in [0, 0.1) is 0 Å². The van der Waals surface area contributed by atoms with Crippen molar-refractivity contribution in [3.8, 4) is 5.75 Å². The first-order valence-corrected chi connectivity index (χ1v) is 10.8. The van der Waals surface area contributed by atoms with Gasteiger partial charge < -0.3 is 34.3 Å². The molecule has 3 heterocycles. The van der Waals surface area contributed by atoms with Crippen molar-refractivity contribution < 1.29 is 34.3 Å². The Bertz CT molecular complexity index is 930. The molecule has 3 aliphatic rings. The number of halogens is 1. The highest BCUT2D eigenvalue weighted by Gasteiger charge is 2.60. The second-order valence-corrected chi connectivity index (χ2v) is 8.70. The standard InChI is InChI=1S/C23H25ClO7/c24-18-6-3-15(23-22(27)21(26)20(25)19(31-23)12-29-23)10-14(18)9-13-1-4-16(5-2-13)30-17-7-8-28-11-17/h1-6,10,17,19-22,25-27H,7-9,11-12H2/t17-,19+,20+,21-,22-,23+/m0/s1. The first-order chi connectivity index (χ1) is 15.0. The number of fused-ring (bicyclic) bond motifs is 2. The summed E-state index contributed by atoms with van der Waals surface area (Å²) in [6, 6.07) is 13.1. The second-order valence-electron chi connectivity index (χ2n) is 8.29. The van der Waals surface area contributed by atoms with Crippen LogP contribution in [0.3, 0.4) is 0 Å². The van der Waals surface area contributed by atoms with Gasteiger partial charge in [0.1, 0.15) is 36.3 Å². The summed E-state index contributed by atoms with van der Waals surface area (Å²) in [4.78, 5) is 0. The molecule has 3 saturated heterocycles. The number of aliphatic hydroxyl groups is 3. The van der Waals surface area contributed by atoms with E-state index in [9.17, 15) is 15.3 Å². The zero-order valence-electron chi connectivity index (χ0n) is 16.8. The van der Waals surface area contributed by atoms with Gasteiger partial charge in [0.25, 0.3) is 0 Å². The lowest BCUT2D eigenvalue weighted by Gasteiger charge is -2.41. The quantitative estimate of drug-likeness (QED) is 0.641. The largest absolute Gasteiger partial charge is 0.488 e. The molecule has 0 saturated carbocycles. The maximum absolute atomic E-state index is 10.6. The lowest BCUT2D eigenvalue weighted by molar-refractivity contribution is -0.302. The molecular formula is C23H25ClO7. The Hall–Kier alpha value is -1.71. The van der Waals surface area contributed by atoms with Gasteiger partial charge in [0.15, 0.2) is 0 Å². The SMILES string of the molecule is O[C@H]1[C@H](O)[C@H](O)[C@]2(c3ccc(Cl)c(Cc4ccc(O[C@H]5CCOC5)cc4)c3)OC[C@H]1O2. The van der Waals surface area contributed by atoms with Gasteiger partial charge in [0.05, 0.1) is 19.8 Å². The highest BCUT2D eigenvalue weighted by atomic mass is 35.5. The van der Waals surface area contributed by atoms with Crippen molar-refractivity contribution in [2.24, 2.45) is 0 Å². The number of hydrogen-bond acceptors (Lipinski definition) is 7. The fourth-order valence-corrected chi connectivity index (χ4v) is 4.59. The molecule has 0 unspecified atom stereocenters. The summed E-state index contributed by atoms with van der Waals surface area (Å²) in [6.45, 7) is 1.44. The van der Waals surface area contributed by atoms with Gasteiger partial charge >= 0.3 is 0 Å². The zero-order valence-corrected chi connectivity index (χ0v) is 17.6. The van der Waals surface area contributed by atoms with Crippen molar-refractivity contribution in [1.82, 2.24) is 0 Å². The van der Waals surface area contributed by atoms with Gasteiger partial charge in [0.2, 0.25) is 5.79 Å². The molecule has 2 aromatic carbocycles. The van der Waals surface area contributed by atoms with E-state index in [2.05, 4.69) is 0 Å². The van der Waals surface area contributed by atoms with E-state index in [4.69, 9.17) is 30.5 Å². The molecule has 0 spiro atoms. The first-order valence-electron chi connectivity index (χ1n) is 10.4. The number of rotatable bonds is 5. The molecule has 3 aliphatic heterocycles. The Kier molecular flexibility index (Phi) is 5.68. The van der Waals surface area contributed by atoms with E-state index in [0.717, 1.165) is 29.9 Å². The molecule has 0 aliphatic carbocycles. The Morgan fingerprint density at radius 3 is 2.58 bits per heavy atom. The molecule has 31 heavy (non-hydrogen) atoms. The molecule has 6 atom stereocenters. The van der Waals surface area contributed by atoms with Crippen LogP contribution in [0.1, 0.15) is 23.1 Å². The molecule has 0 amide bonds. The molecule has 3 fully saturated rings. The Morgan fingerprint density at radius 2 is 1.84 bits per heavy atom. The Balaban J connectivity index is 1.36. The maximum atomic E-state index is 10.6. The van der Waals surface area contributed by atoms with Crippen LogP contribution in [0.5, 0.6) is 5.75 Å². The molecular weight excluding hydrogens is 424 g/mol. The molecule has 2 aromatic rings. The van der Waals surface area contributed by atoms with Crippen molar-refractivity contribution in [2.45, 2.75) is 49.1 Å². The highest BCUT2D eigenvalue weighted by molar-refractivity contribution is 6.31. The highest BCUT2D eigenvalue weighted by Crippen LogP contribution is 2.45. The normalized spacial score (nSPS) is 34.8. The van der Waals surface area contributed by atoms with Gasteiger partial charge in [-0.3, -0.25) is 0 Å². The summed E-state index contributed by atoms with van der Waals surface area (Å²) in [7, 11) is 0. The Morgan fingerprint density at radius 1 is 1.03 bits per heavy atom. The molecule has 8 heteroatoms. The van der Waals surface area contributed by atoms with E-state index in [1.807, 2.05) is 30.3 Å². The average molecular weight is 449 g/mol. The van der Waals surface area contributed by atoms with Crippen molar-refractivity contribution >= 4 is 11.6 Å². The van der Waals surface area contributed by atoms with Crippen molar-refractivity contribution in [3.05, 3.63) is 64.2 Å². The van der Waals surface area contributed by atoms with Crippen LogP contribution in [-0.4, -0.2) is 65.7 Å². The monoisotopic (exact) mass is 448 g/mol. The van der Waals surface area contributed by atoms with Crippen LogP contribution in [0.2, 0.25) is 5.02 Å². The molecule has 7 nitrogen and oxygen atoms in total. The smallest absolute Gasteiger partial charge is 0.225 e. The van der Waals surface area contributed by atoms with Crippen LogP contribution in [0.25, 0.3) is 0 Å². The fourth-order valence-electron chi connectivity index (χ4n) is 4.41. The van der Waals surface area contributed by atoms with E-state index in [-0.39, 0.29) is 12.7 Å². The summed E-state index contributed by atoms with van der Waals surface area (Å²) in [6.07, 6.45) is -3.13. The summed E-state index contributed by atoms with van der Waals surface area (Å²) in [5, 5.41) is 31.5. The third kappa shape index (κ3) is 3.85. The van der Waals surface area contributed by atoms with Crippen LogP contribution in [-0.2, 0) is 26.4 Å². The van der Waals surface area contributed by atoms with Crippen molar-refractivity contribution in [1.29, 1.82) is 0 Å². The predicted octanol–water partition coefficient (Wildman–Crippen LogP) is 1.76. The van der Waals surface area contributed by atoms with Crippen LogP contribution < -0.4 is 4.74 Å². The number of ether oxygens (including phenoxy) is 4. The van der Waals surface area contributed by atoms with Gasteiger partial charge in [-0.15, -0.1) is 0 Å². The minimum absolute atomic E-state index is 0.0841. The van der Waals surface area contributed by atoms with E-state index in [0.29, 0.717) is 23.6 Å². The minimum atomic E-state index is -1.52. The topological polar surface area (TPSA) is 97.6 Å². The second kappa shape index (κ2) is 8.33. The molecule has 2 bridgehead atoms. The third-order valence-electron chi connectivity index (χ3n) is 6.19. The van der Waals surface area contributed by atoms with Crippen LogP contribution >= 0.6 is 11.6 Å². The van der Waals surface area contributed by atoms with Crippen molar-refractivity contribution in [3.63, 3.8) is 0 Å². The zero-order chi connectivity index (χ0) is 21.6. The van der Waals surface area contributed by atoms with E-state index >= 15 is 0 Å². The molecule has 0 aromatic heterocycles. The molecule has 5 rings (SSSR count). The minimum Gasteiger partial charge on any atom is -0.488 e. The number of aliphatic hydroxyl groups excluding tert-OH is 3. The number of benzene rings is 2.